The number of aromatic nitrogens is 2. The van der Waals surface area contributed by atoms with Gasteiger partial charge in [-0.25, -0.2) is 9.97 Å². The van der Waals surface area contributed by atoms with Gasteiger partial charge in [0.05, 0.1) is 11.4 Å². The van der Waals surface area contributed by atoms with Crippen molar-refractivity contribution in [2.24, 2.45) is 0 Å². The number of anilines is 2. The standard InChI is InChI=1S/C25H29N5/c1-2-14-29(15-3-1)22-8-4-20(5-9-22)24-18-25(28-19-27-24)21-6-10-23(11-7-21)30-16-12-26-13-17-30/h4-11,18-19,26H,1-3,12-17H2. The molecule has 5 heteroatoms. The van der Waals surface area contributed by atoms with Crippen LogP contribution in [-0.4, -0.2) is 49.2 Å². The Labute approximate surface area is 178 Å². The Hall–Kier alpha value is -2.92. The summed E-state index contributed by atoms with van der Waals surface area (Å²) in [4.78, 5) is 14.0. The Kier molecular flexibility index (Phi) is 5.62. The van der Waals surface area contributed by atoms with Crippen LogP contribution >= 0.6 is 0 Å². The van der Waals surface area contributed by atoms with Gasteiger partial charge in [-0.15, -0.1) is 0 Å². The van der Waals surface area contributed by atoms with Gasteiger partial charge in [0.15, 0.2) is 0 Å². The topological polar surface area (TPSA) is 44.3 Å². The highest BCUT2D eigenvalue weighted by atomic mass is 15.2. The third kappa shape index (κ3) is 4.17. The van der Waals surface area contributed by atoms with Crippen molar-refractivity contribution in [3.05, 3.63) is 60.9 Å². The molecular weight excluding hydrogens is 370 g/mol. The summed E-state index contributed by atoms with van der Waals surface area (Å²) in [7, 11) is 0. The Morgan fingerprint density at radius 2 is 1.10 bits per heavy atom. The first kappa shape index (κ1) is 19.1. The molecule has 0 unspecified atom stereocenters. The molecule has 0 atom stereocenters. The molecule has 0 radical (unpaired) electrons. The second kappa shape index (κ2) is 8.84. The number of piperazine rings is 1. The van der Waals surface area contributed by atoms with Gasteiger partial charge in [-0.3, -0.25) is 0 Å². The number of piperidine rings is 1. The van der Waals surface area contributed by atoms with E-state index in [2.05, 4.69) is 79.7 Å². The van der Waals surface area contributed by atoms with E-state index >= 15 is 0 Å². The minimum Gasteiger partial charge on any atom is -0.372 e. The Balaban J connectivity index is 1.33. The monoisotopic (exact) mass is 399 g/mol. The number of benzene rings is 2. The van der Waals surface area contributed by atoms with E-state index in [9.17, 15) is 0 Å². The van der Waals surface area contributed by atoms with Crippen molar-refractivity contribution in [2.75, 3.05) is 49.1 Å². The molecular formula is C25H29N5. The maximum absolute atomic E-state index is 4.53. The number of nitrogens with zero attached hydrogens (tertiary/aromatic N) is 4. The third-order valence-corrected chi connectivity index (χ3v) is 6.20. The molecule has 2 fully saturated rings. The zero-order valence-corrected chi connectivity index (χ0v) is 17.4. The third-order valence-electron chi connectivity index (χ3n) is 6.20. The highest BCUT2D eigenvalue weighted by molar-refractivity contribution is 5.70. The lowest BCUT2D eigenvalue weighted by molar-refractivity contribution is 0.578. The van der Waals surface area contributed by atoms with Crippen molar-refractivity contribution in [2.45, 2.75) is 19.3 Å². The Bertz CT molecular complexity index is 879. The summed E-state index contributed by atoms with van der Waals surface area (Å²) in [6.45, 7) is 6.55. The SMILES string of the molecule is c1nc(-c2ccc(N3CCCCC3)cc2)cc(-c2ccc(N3CCNCC3)cc2)n1. The molecule has 0 bridgehead atoms. The first-order valence-electron chi connectivity index (χ1n) is 11.1. The van der Waals surface area contributed by atoms with Gasteiger partial charge in [-0.2, -0.15) is 0 Å². The fourth-order valence-electron chi connectivity index (χ4n) is 4.43. The zero-order chi connectivity index (χ0) is 20.2. The van der Waals surface area contributed by atoms with E-state index in [4.69, 9.17) is 0 Å². The van der Waals surface area contributed by atoms with Gasteiger partial charge in [0.25, 0.3) is 0 Å². The van der Waals surface area contributed by atoms with Gasteiger partial charge in [0, 0.05) is 61.8 Å². The molecule has 30 heavy (non-hydrogen) atoms. The average molecular weight is 400 g/mol. The predicted octanol–water partition coefficient (Wildman–Crippen LogP) is 4.21. The molecule has 0 aliphatic carbocycles. The lowest BCUT2D eigenvalue weighted by Crippen LogP contribution is -2.43. The number of rotatable bonds is 4. The molecule has 0 spiro atoms. The molecule has 0 saturated carbocycles. The van der Waals surface area contributed by atoms with Crippen molar-refractivity contribution in [1.29, 1.82) is 0 Å². The largest absolute Gasteiger partial charge is 0.372 e. The normalized spacial score (nSPS) is 17.2. The second-order valence-electron chi connectivity index (χ2n) is 8.17. The Morgan fingerprint density at radius 3 is 1.63 bits per heavy atom. The van der Waals surface area contributed by atoms with Gasteiger partial charge in [0.2, 0.25) is 0 Å². The van der Waals surface area contributed by atoms with Gasteiger partial charge >= 0.3 is 0 Å². The zero-order valence-electron chi connectivity index (χ0n) is 17.4. The first-order valence-corrected chi connectivity index (χ1v) is 11.1. The van der Waals surface area contributed by atoms with Gasteiger partial charge in [-0.1, -0.05) is 24.3 Å². The summed E-state index contributed by atoms with van der Waals surface area (Å²) >= 11 is 0. The molecule has 3 aromatic rings. The number of hydrogen-bond donors (Lipinski definition) is 1. The summed E-state index contributed by atoms with van der Waals surface area (Å²) in [5.74, 6) is 0. The van der Waals surface area contributed by atoms with E-state index in [0.29, 0.717) is 0 Å². The van der Waals surface area contributed by atoms with E-state index < -0.39 is 0 Å². The summed E-state index contributed by atoms with van der Waals surface area (Å²) in [6, 6.07) is 19.7. The lowest BCUT2D eigenvalue weighted by atomic mass is 10.1. The highest BCUT2D eigenvalue weighted by Gasteiger charge is 2.12. The smallest absolute Gasteiger partial charge is 0.116 e. The maximum Gasteiger partial charge on any atom is 0.116 e. The fourth-order valence-corrected chi connectivity index (χ4v) is 4.43. The van der Waals surface area contributed by atoms with Crippen LogP contribution in [-0.2, 0) is 0 Å². The van der Waals surface area contributed by atoms with Gasteiger partial charge < -0.3 is 15.1 Å². The van der Waals surface area contributed by atoms with Crippen LogP contribution in [0, 0.1) is 0 Å². The first-order chi connectivity index (χ1) is 14.9. The minimum atomic E-state index is 0.965. The molecule has 2 aliphatic heterocycles. The van der Waals surface area contributed by atoms with Crippen LogP contribution in [0.5, 0.6) is 0 Å². The van der Waals surface area contributed by atoms with Crippen molar-refractivity contribution < 1.29 is 0 Å². The van der Waals surface area contributed by atoms with E-state index in [0.717, 1.165) is 48.7 Å². The van der Waals surface area contributed by atoms with Crippen LogP contribution in [0.25, 0.3) is 22.5 Å². The summed E-state index contributed by atoms with van der Waals surface area (Å²) in [5.41, 5.74) is 6.79. The van der Waals surface area contributed by atoms with E-state index in [1.165, 1.54) is 43.7 Å². The van der Waals surface area contributed by atoms with Crippen LogP contribution in [0.1, 0.15) is 19.3 Å². The number of nitrogens with one attached hydrogen (secondary N) is 1. The summed E-state index contributed by atoms with van der Waals surface area (Å²) < 4.78 is 0. The van der Waals surface area contributed by atoms with Crippen LogP contribution in [0.4, 0.5) is 11.4 Å². The van der Waals surface area contributed by atoms with E-state index in [1.807, 2.05) is 0 Å². The minimum absolute atomic E-state index is 0.965. The molecule has 1 N–H and O–H groups in total. The number of hydrogen-bond acceptors (Lipinski definition) is 5. The highest BCUT2D eigenvalue weighted by Crippen LogP contribution is 2.27. The van der Waals surface area contributed by atoms with Crippen LogP contribution in [0.2, 0.25) is 0 Å². The van der Waals surface area contributed by atoms with E-state index in [1.54, 1.807) is 6.33 Å². The molecule has 3 heterocycles. The quantitative estimate of drug-likeness (QED) is 0.712. The molecule has 154 valence electrons. The molecule has 1 aromatic heterocycles. The van der Waals surface area contributed by atoms with Gasteiger partial charge in [-0.05, 0) is 49.6 Å². The Morgan fingerprint density at radius 1 is 0.600 bits per heavy atom. The summed E-state index contributed by atoms with van der Waals surface area (Å²) in [6.07, 6.45) is 5.62. The van der Waals surface area contributed by atoms with E-state index in [-0.39, 0.29) is 0 Å². The molecule has 2 aromatic carbocycles. The van der Waals surface area contributed by atoms with Crippen molar-refractivity contribution in [1.82, 2.24) is 15.3 Å². The maximum atomic E-state index is 4.53. The average Bonchev–Trinajstić information content (AvgIpc) is 2.85. The molecule has 2 aliphatic rings. The second-order valence-corrected chi connectivity index (χ2v) is 8.17. The van der Waals surface area contributed by atoms with Crippen LogP contribution in [0.15, 0.2) is 60.9 Å². The van der Waals surface area contributed by atoms with Crippen LogP contribution < -0.4 is 15.1 Å². The molecule has 0 amide bonds. The lowest BCUT2D eigenvalue weighted by Gasteiger charge is -2.29. The van der Waals surface area contributed by atoms with Crippen molar-refractivity contribution >= 4 is 11.4 Å². The van der Waals surface area contributed by atoms with Crippen molar-refractivity contribution in [3.63, 3.8) is 0 Å². The van der Waals surface area contributed by atoms with Crippen LogP contribution in [0.3, 0.4) is 0 Å². The van der Waals surface area contributed by atoms with Gasteiger partial charge in [0.1, 0.15) is 6.33 Å². The summed E-state index contributed by atoms with van der Waals surface area (Å²) in [5, 5.41) is 3.40. The molecule has 5 nitrogen and oxygen atoms in total. The molecule has 5 rings (SSSR count). The molecule has 2 saturated heterocycles. The predicted molar refractivity (Wildman–Crippen MR) is 124 cm³/mol. The van der Waals surface area contributed by atoms with Crippen molar-refractivity contribution in [3.8, 4) is 22.5 Å². The fraction of sp³-hybridized carbons (Fsp3) is 0.360.